The van der Waals surface area contributed by atoms with E-state index in [0.717, 1.165) is 17.2 Å². The number of carbonyl (C=O) groups excluding carboxylic acids is 1. The summed E-state index contributed by atoms with van der Waals surface area (Å²) in [6.07, 6.45) is 0. The van der Waals surface area contributed by atoms with E-state index in [1.54, 1.807) is 14.0 Å². The molecule has 0 radical (unpaired) electrons. The zero-order valence-electron chi connectivity index (χ0n) is 10.4. The number of thiazole rings is 1. The number of ether oxygens (including phenoxy) is 2. The van der Waals surface area contributed by atoms with Crippen molar-refractivity contribution in [3.8, 4) is 0 Å². The first-order valence-electron chi connectivity index (χ1n) is 5.52. The van der Waals surface area contributed by atoms with Gasteiger partial charge in [-0.05, 0) is 13.8 Å². The summed E-state index contributed by atoms with van der Waals surface area (Å²) in [5.74, 6) is -0.286. The van der Waals surface area contributed by atoms with Gasteiger partial charge < -0.3 is 14.8 Å². The first-order chi connectivity index (χ1) is 8.19. The number of hydrogen-bond acceptors (Lipinski definition) is 6. The first kappa shape index (κ1) is 14.1. The van der Waals surface area contributed by atoms with Crippen LogP contribution in [-0.4, -0.2) is 37.8 Å². The second-order valence-electron chi connectivity index (χ2n) is 3.41. The minimum atomic E-state index is -0.286. The Bertz CT molecular complexity index is 366. The number of aryl methyl sites for hydroxylation is 1. The van der Waals surface area contributed by atoms with E-state index in [9.17, 15) is 4.79 Å². The first-order valence-corrected chi connectivity index (χ1v) is 6.33. The zero-order valence-corrected chi connectivity index (χ0v) is 11.2. The lowest BCUT2D eigenvalue weighted by Crippen LogP contribution is -2.18. The van der Waals surface area contributed by atoms with Crippen LogP contribution >= 0.6 is 11.3 Å². The molecule has 0 fully saturated rings. The van der Waals surface area contributed by atoms with Crippen LogP contribution in [0.2, 0.25) is 0 Å². The Hall–Kier alpha value is -0.980. The number of carbonyl (C=O) groups is 1. The quantitative estimate of drug-likeness (QED) is 0.591. The van der Waals surface area contributed by atoms with Crippen LogP contribution in [0.25, 0.3) is 0 Å². The molecule has 17 heavy (non-hydrogen) atoms. The van der Waals surface area contributed by atoms with Gasteiger partial charge in [-0.3, -0.25) is 0 Å². The van der Waals surface area contributed by atoms with Gasteiger partial charge in [0, 0.05) is 20.2 Å². The summed E-state index contributed by atoms with van der Waals surface area (Å²) in [6, 6.07) is 0. The van der Waals surface area contributed by atoms with Gasteiger partial charge in [0.25, 0.3) is 0 Å². The highest BCUT2D eigenvalue weighted by molar-refractivity contribution is 7.13. The summed E-state index contributed by atoms with van der Waals surface area (Å²) in [5, 5.41) is 4.08. The number of hydrogen-bond donors (Lipinski definition) is 1. The standard InChI is InChI=1S/C11H18N2O3S/c1-4-16-11(14)10-8(2)13-9(17-10)7-12-5-6-15-3/h12H,4-7H2,1-3H3. The third-order valence-electron chi connectivity index (χ3n) is 2.06. The number of rotatable bonds is 7. The van der Waals surface area contributed by atoms with E-state index >= 15 is 0 Å². The lowest BCUT2D eigenvalue weighted by atomic mass is 10.4. The predicted molar refractivity (Wildman–Crippen MR) is 66.4 cm³/mol. The summed E-state index contributed by atoms with van der Waals surface area (Å²) in [6.45, 7) is 6.08. The third-order valence-corrected chi connectivity index (χ3v) is 3.20. The number of aromatic nitrogens is 1. The molecule has 0 amide bonds. The van der Waals surface area contributed by atoms with Gasteiger partial charge in [-0.15, -0.1) is 11.3 Å². The minimum absolute atomic E-state index is 0.286. The molecule has 0 aliphatic rings. The molecule has 0 aliphatic carbocycles. The van der Waals surface area contributed by atoms with E-state index in [2.05, 4.69) is 10.3 Å². The van der Waals surface area contributed by atoms with Gasteiger partial charge in [0.15, 0.2) is 0 Å². The molecule has 1 aromatic rings. The van der Waals surface area contributed by atoms with Crippen molar-refractivity contribution in [2.75, 3.05) is 26.9 Å². The molecular formula is C11H18N2O3S. The number of methoxy groups -OCH3 is 1. The SMILES string of the molecule is CCOC(=O)c1sc(CNCCOC)nc1C. The molecule has 0 saturated carbocycles. The average Bonchev–Trinajstić information content (AvgIpc) is 2.66. The zero-order chi connectivity index (χ0) is 12.7. The van der Waals surface area contributed by atoms with Gasteiger partial charge in [0.05, 0.1) is 18.9 Å². The van der Waals surface area contributed by atoms with Crippen molar-refractivity contribution in [2.45, 2.75) is 20.4 Å². The minimum Gasteiger partial charge on any atom is -0.462 e. The van der Waals surface area contributed by atoms with Gasteiger partial charge in [-0.25, -0.2) is 9.78 Å². The normalized spacial score (nSPS) is 10.5. The maximum Gasteiger partial charge on any atom is 0.350 e. The second-order valence-corrected chi connectivity index (χ2v) is 4.50. The topological polar surface area (TPSA) is 60.5 Å². The molecule has 0 bridgehead atoms. The molecule has 1 heterocycles. The summed E-state index contributed by atoms with van der Waals surface area (Å²) >= 11 is 1.38. The fraction of sp³-hybridized carbons (Fsp3) is 0.636. The van der Waals surface area contributed by atoms with E-state index in [1.165, 1.54) is 11.3 Å². The fourth-order valence-corrected chi connectivity index (χ4v) is 2.21. The molecule has 0 unspecified atom stereocenters. The molecule has 96 valence electrons. The Morgan fingerprint density at radius 3 is 2.94 bits per heavy atom. The fourth-order valence-electron chi connectivity index (χ4n) is 1.28. The molecule has 0 aliphatic heterocycles. The molecule has 1 aromatic heterocycles. The molecule has 0 aromatic carbocycles. The lowest BCUT2D eigenvalue weighted by Gasteiger charge is -2.00. The van der Waals surface area contributed by atoms with E-state index in [1.807, 2.05) is 6.92 Å². The van der Waals surface area contributed by atoms with Gasteiger partial charge in [0.1, 0.15) is 9.88 Å². The van der Waals surface area contributed by atoms with E-state index in [4.69, 9.17) is 9.47 Å². The monoisotopic (exact) mass is 258 g/mol. The van der Waals surface area contributed by atoms with E-state index in [-0.39, 0.29) is 5.97 Å². The van der Waals surface area contributed by atoms with Gasteiger partial charge in [0.2, 0.25) is 0 Å². The molecule has 0 spiro atoms. The molecule has 5 nitrogen and oxygen atoms in total. The smallest absolute Gasteiger partial charge is 0.350 e. The molecular weight excluding hydrogens is 240 g/mol. The number of esters is 1. The molecule has 1 rings (SSSR count). The highest BCUT2D eigenvalue weighted by Crippen LogP contribution is 2.18. The van der Waals surface area contributed by atoms with Crippen LogP contribution in [0.1, 0.15) is 27.3 Å². The lowest BCUT2D eigenvalue weighted by molar-refractivity contribution is 0.0531. The van der Waals surface area contributed by atoms with Crippen molar-refractivity contribution in [1.29, 1.82) is 0 Å². The van der Waals surface area contributed by atoms with Crippen LogP contribution in [0.3, 0.4) is 0 Å². The molecule has 6 heteroatoms. The Kier molecular flexibility index (Phi) is 6.10. The molecule has 0 atom stereocenters. The van der Waals surface area contributed by atoms with Crippen molar-refractivity contribution in [3.05, 3.63) is 15.6 Å². The molecule has 0 saturated heterocycles. The van der Waals surface area contributed by atoms with Crippen LogP contribution in [0.5, 0.6) is 0 Å². The Labute approximate surface area is 105 Å². The van der Waals surface area contributed by atoms with Crippen molar-refractivity contribution in [3.63, 3.8) is 0 Å². The third kappa shape index (κ3) is 4.41. The van der Waals surface area contributed by atoms with Crippen molar-refractivity contribution >= 4 is 17.3 Å². The van der Waals surface area contributed by atoms with Crippen LogP contribution in [-0.2, 0) is 16.0 Å². The Morgan fingerprint density at radius 2 is 2.29 bits per heavy atom. The maximum absolute atomic E-state index is 11.6. The van der Waals surface area contributed by atoms with Gasteiger partial charge in [-0.1, -0.05) is 0 Å². The highest BCUT2D eigenvalue weighted by Gasteiger charge is 2.15. The van der Waals surface area contributed by atoms with E-state index in [0.29, 0.717) is 24.6 Å². The summed E-state index contributed by atoms with van der Waals surface area (Å²) in [5.41, 5.74) is 0.733. The largest absolute Gasteiger partial charge is 0.462 e. The number of nitrogens with one attached hydrogen (secondary N) is 1. The van der Waals surface area contributed by atoms with Crippen LogP contribution < -0.4 is 5.32 Å². The van der Waals surface area contributed by atoms with Crippen molar-refractivity contribution in [2.24, 2.45) is 0 Å². The van der Waals surface area contributed by atoms with Crippen LogP contribution in [0.15, 0.2) is 0 Å². The highest BCUT2D eigenvalue weighted by atomic mass is 32.1. The number of nitrogens with zero attached hydrogens (tertiary/aromatic N) is 1. The predicted octanol–water partition coefficient (Wildman–Crippen LogP) is 1.36. The van der Waals surface area contributed by atoms with Crippen molar-refractivity contribution < 1.29 is 14.3 Å². The van der Waals surface area contributed by atoms with Crippen LogP contribution in [0, 0.1) is 6.92 Å². The van der Waals surface area contributed by atoms with Crippen LogP contribution in [0.4, 0.5) is 0 Å². The summed E-state index contributed by atoms with van der Waals surface area (Å²) < 4.78 is 9.88. The van der Waals surface area contributed by atoms with E-state index < -0.39 is 0 Å². The summed E-state index contributed by atoms with van der Waals surface area (Å²) in [4.78, 5) is 16.5. The Balaban J connectivity index is 2.52. The Morgan fingerprint density at radius 1 is 1.53 bits per heavy atom. The summed E-state index contributed by atoms with van der Waals surface area (Å²) in [7, 11) is 1.66. The van der Waals surface area contributed by atoms with Crippen molar-refractivity contribution in [1.82, 2.24) is 10.3 Å². The maximum atomic E-state index is 11.6. The van der Waals surface area contributed by atoms with Gasteiger partial charge >= 0.3 is 5.97 Å². The average molecular weight is 258 g/mol. The van der Waals surface area contributed by atoms with Gasteiger partial charge in [-0.2, -0.15) is 0 Å². The molecule has 1 N–H and O–H groups in total. The second kappa shape index (κ2) is 7.37.